The molecule has 1 aliphatic heterocycles. The number of hydrogen-bond acceptors (Lipinski definition) is 2. The lowest BCUT2D eigenvalue weighted by Crippen LogP contribution is -2.38. The van der Waals surface area contributed by atoms with Crippen molar-refractivity contribution in [2.24, 2.45) is 0 Å². The molecule has 1 heterocycles. The van der Waals surface area contributed by atoms with Crippen molar-refractivity contribution in [3.8, 4) is 5.75 Å². The Balaban J connectivity index is 2.57. The van der Waals surface area contributed by atoms with Crippen LogP contribution in [0.5, 0.6) is 5.75 Å². The number of rotatable bonds is 1. The predicted octanol–water partition coefficient (Wildman–Crippen LogP) is 3.55. The molecular weight excluding hydrogens is 269 g/mol. The molecule has 0 spiro atoms. The lowest BCUT2D eigenvalue weighted by molar-refractivity contribution is -0.184. The highest BCUT2D eigenvalue weighted by atomic mass is 35.5. The fourth-order valence-electron chi connectivity index (χ4n) is 1.82. The van der Waals surface area contributed by atoms with Gasteiger partial charge in [-0.1, -0.05) is 11.6 Å². The largest absolute Gasteiger partial charge is 0.475 e. The third-order valence-corrected chi connectivity index (χ3v) is 2.78. The van der Waals surface area contributed by atoms with Crippen LogP contribution in [0.1, 0.15) is 11.1 Å². The van der Waals surface area contributed by atoms with Gasteiger partial charge in [-0.05, 0) is 30.7 Å². The second kappa shape index (κ2) is 4.31. The number of ether oxygens (including phenoxy) is 1. The molecule has 1 unspecified atom stereocenters. The second-order valence-electron chi connectivity index (χ2n) is 3.94. The highest BCUT2D eigenvalue weighted by molar-refractivity contribution is 6.30. The molecule has 96 valence electrons. The smallest absolute Gasteiger partial charge is 0.429 e. The quantitative estimate of drug-likeness (QED) is 0.733. The summed E-state index contributed by atoms with van der Waals surface area (Å²) in [6.45, 7) is 1.60. The van der Waals surface area contributed by atoms with E-state index in [4.69, 9.17) is 16.3 Å². The van der Waals surface area contributed by atoms with Crippen molar-refractivity contribution >= 4 is 24.0 Å². The molecule has 0 saturated carbocycles. The van der Waals surface area contributed by atoms with E-state index in [0.29, 0.717) is 16.1 Å². The summed E-state index contributed by atoms with van der Waals surface area (Å²) in [6, 6.07) is 2.97. The minimum atomic E-state index is -4.63. The van der Waals surface area contributed by atoms with E-state index in [-0.39, 0.29) is 12.0 Å². The zero-order chi connectivity index (χ0) is 13.5. The molecule has 0 saturated heterocycles. The van der Waals surface area contributed by atoms with Gasteiger partial charge in [-0.25, -0.2) is 0 Å². The van der Waals surface area contributed by atoms with Crippen molar-refractivity contribution < 1.29 is 22.7 Å². The normalized spacial score (nSPS) is 18.7. The zero-order valence-corrected chi connectivity index (χ0v) is 9.97. The van der Waals surface area contributed by atoms with Gasteiger partial charge in [0, 0.05) is 16.2 Å². The van der Waals surface area contributed by atoms with E-state index < -0.39 is 17.9 Å². The van der Waals surface area contributed by atoms with Crippen LogP contribution in [-0.2, 0) is 4.79 Å². The van der Waals surface area contributed by atoms with Crippen LogP contribution in [0.3, 0.4) is 0 Å². The topological polar surface area (TPSA) is 26.3 Å². The molecule has 1 aromatic carbocycles. The average Bonchev–Trinajstić information content (AvgIpc) is 2.25. The standard InChI is InChI=1S/C12H8ClF3O2/c1-6-2-9(13)4-7-3-8(5-17)11(12(14,15)16)18-10(6)7/h2-5,11H,1H3. The molecule has 2 nitrogen and oxygen atoms in total. The van der Waals surface area contributed by atoms with Crippen molar-refractivity contribution in [3.05, 3.63) is 33.9 Å². The lowest BCUT2D eigenvalue weighted by atomic mass is 10.00. The number of fused-ring (bicyclic) bond motifs is 1. The summed E-state index contributed by atoms with van der Waals surface area (Å²) in [6.07, 6.45) is -5.54. The summed E-state index contributed by atoms with van der Waals surface area (Å²) in [4.78, 5) is 10.7. The van der Waals surface area contributed by atoms with Crippen molar-refractivity contribution in [2.75, 3.05) is 0 Å². The summed E-state index contributed by atoms with van der Waals surface area (Å²) < 4.78 is 43.1. The third-order valence-electron chi connectivity index (χ3n) is 2.56. The van der Waals surface area contributed by atoms with E-state index in [2.05, 4.69) is 0 Å². The van der Waals surface area contributed by atoms with Crippen molar-refractivity contribution in [3.63, 3.8) is 0 Å². The number of aldehydes is 1. The molecule has 1 atom stereocenters. The van der Waals surface area contributed by atoms with Crippen LogP contribution in [-0.4, -0.2) is 18.6 Å². The van der Waals surface area contributed by atoms with Gasteiger partial charge in [0.05, 0.1) is 0 Å². The van der Waals surface area contributed by atoms with E-state index in [1.54, 1.807) is 6.92 Å². The van der Waals surface area contributed by atoms with Crippen LogP contribution < -0.4 is 4.74 Å². The van der Waals surface area contributed by atoms with Crippen LogP contribution in [0.25, 0.3) is 6.08 Å². The van der Waals surface area contributed by atoms with Crippen molar-refractivity contribution in [1.29, 1.82) is 0 Å². The fourth-order valence-corrected chi connectivity index (χ4v) is 2.10. The highest BCUT2D eigenvalue weighted by Crippen LogP contribution is 2.39. The third kappa shape index (κ3) is 2.22. The molecule has 0 amide bonds. The van der Waals surface area contributed by atoms with Crippen LogP contribution in [0, 0.1) is 6.92 Å². The summed E-state index contributed by atoms with van der Waals surface area (Å²) in [5.41, 5.74) is 0.409. The summed E-state index contributed by atoms with van der Waals surface area (Å²) >= 11 is 5.80. The molecule has 0 fully saturated rings. The van der Waals surface area contributed by atoms with Gasteiger partial charge >= 0.3 is 6.18 Å². The first-order chi connectivity index (χ1) is 8.32. The predicted molar refractivity (Wildman–Crippen MR) is 60.7 cm³/mol. The lowest BCUT2D eigenvalue weighted by Gasteiger charge is -2.27. The average molecular weight is 277 g/mol. The highest BCUT2D eigenvalue weighted by Gasteiger charge is 2.46. The van der Waals surface area contributed by atoms with Crippen molar-refractivity contribution in [2.45, 2.75) is 19.2 Å². The molecule has 0 aliphatic carbocycles. The van der Waals surface area contributed by atoms with E-state index in [1.165, 1.54) is 12.1 Å². The van der Waals surface area contributed by atoms with Gasteiger partial charge in [0.1, 0.15) is 12.0 Å². The SMILES string of the molecule is Cc1cc(Cl)cc2c1OC(C(F)(F)F)C(C=O)=C2. The van der Waals surface area contributed by atoms with Gasteiger partial charge in [-0.3, -0.25) is 4.79 Å². The molecule has 1 aromatic rings. The Morgan fingerprint density at radius 3 is 2.61 bits per heavy atom. The van der Waals surface area contributed by atoms with Gasteiger partial charge in [0.25, 0.3) is 0 Å². The number of carbonyl (C=O) groups excluding carboxylic acids is 1. The van der Waals surface area contributed by atoms with Gasteiger partial charge in [-0.2, -0.15) is 13.2 Å². The Bertz CT molecular complexity index is 535. The number of benzene rings is 1. The first kappa shape index (κ1) is 13.0. The molecule has 0 aromatic heterocycles. The Kier molecular flexibility index (Phi) is 3.11. The summed E-state index contributed by atoms with van der Waals surface area (Å²) in [5, 5.41) is 0.377. The monoisotopic (exact) mass is 276 g/mol. The Morgan fingerprint density at radius 1 is 1.39 bits per heavy atom. The van der Waals surface area contributed by atoms with Crippen LogP contribution in [0.4, 0.5) is 13.2 Å². The van der Waals surface area contributed by atoms with Gasteiger partial charge < -0.3 is 4.74 Å². The molecule has 2 rings (SSSR count). The minimum Gasteiger partial charge on any atom is -0.475 e. The summed E-state index contributed by atoms with van der Waals surface area (Å²) in [7, 11) is 0. The van der Waals surface area contributed by atoms with E-state index in [0.717, 1.165) is 6.08 Å². The minimum absolute atomic E-state index is 0.104. The maximum atomic E-state index is 12.7. The zero-order valence-electron chi connectivity index (χ0n) is 9.22. The molecule has 6 heteroatoms. The van der Waals surface area contributed by atoms with Crippen LogP contribution >= 0.6 is 11.6 Å². The summed E-state index contributed by atoms with van der Waals surface area (Å²) in [5.74, 6) is 0.104. The molecule has 0 bridgehead atoms. The van der Waals surface area contributed by atoms with Crippen molar-refractivity contribution in [1.82, 2.24) is 0 Å². The first-order valence-corrected chi connectivity index (χ1v) is 5.41. The van der Waals surface area contributed by atoms with Gasteiger partial charge in [0.2, 0.25) is 6.10 Å². The van der Waals surface area contributed by atoms with E-state index in [1.807, 2.05) is 0 Å². The molecule has 18 heavy (non-hydrogen) atoms. The van der Waals surface area contributed by atoms with E-state index >= 15 is 0 Å². The Morgan fingerprint density at radius 2 is 2.06 bits per heavy atom. The van der Waals surface area contributed by atoms with Crippen LogP contribution in [0.2, 0.25) is 5.02 Å². The molecule has 0 radical (unpaired) electrons. The first-order valence-electron chi connectivity index (χ1n) is 5.03. The molecule has 0 N–H and O–H groups in total. The fraction of sp³-hybridized carbons (Fsp3) is 0.250. The molecular formula is C12H8ClF3O2. The Labute approximate surface area is 106 Å². The van der Waals surface area contributed by atoms with Gasteiger partial charge in [0.15, 0.2) is 0 Å². The van der Waals surface area contributed by atoms with E-state index in [9.17, 15) is 18.0 Å². The maximum absolute atomic E-state index is 12.7. The second-order valence-corrected chi connectivity index (χ2v) is 4.38. The number of halogens is 4. The van der Waals surface area contributed by atoms with Gasteiger partial charge in [-0.15, -0.1) is 0 Å². The number of alkyl halides is 3. The van der Waals surface area contributed by atoms with Crippen LogP contribution in [0.15, 0.2) is 17.7 Å². The number of aryl methyl sites for hydroxylation is 1. The molecule has 1 aliphatic rings. The Hall–Kier alpha value is -1.49. The number of hydrogen-bond donors (Lipinski definition) is 0. The maximum Gasteiger partial charge on any atom is 0.429 e. The number of carbonyl (C=O) groups is 1.